The fourth-order valence-corrected chi connectivity index (χ4v) is 4.07. The first kappa shape index (κ1) is 13.3. The minimum absolute atomic E-state index is 0.0157. The summed E-state index contributed by atoms with van der Waals surface area (Å²) in [6, 6.07) is 18.9. The molecule has 1 atom stereocenters. The quantitative estimate of drug-likeness (QED) is 0.788. The van der Waals surface area contributed by atoms with Gasteiger partial charge in [-0.1, -0.05) is 42.8 Å². The van der Waals surface area contributed by atoms with Crippen molar-refractivity contribution in [1.82, 2.24) is 0 Å². The maximum atomic E-state index is 9.40. The van der Waals surface area contributed by atoms with Crippen LogP contribution in [0.3, 0.4) is 0 Å². The number of nitriles is 1. The first-order valence-electron chi connectivity index (χ1n) is 7.99. The van der Waals surface area contributed by atoms with Crippen molar-refractivity contribution in [3.63, 3.8) is 0 Å². The predicted molar refractivity (Wildman–Crippen MR) is 88.5 cm³/mol. The smallest absolute Gasteiger partial charge is 0.0994 e. The lowest BCUT2D eigenvalue weighted by Crippen LogP contribution is -2.38. The average Bonchev–Trinajstić information content (AvgIpc) is 2.90. The molecule has 2 heteroatoms. The summed E-state index contributed by atoms with van der Waals surface area (Å²) in [6.45, 7) is 0. The van der Waals surface area contributed by atoms with E-state index in [1.807, 2.05) is 18.2 Å². The highest BCUT2D eigenvalue weighted by molar-refractivity contribution is 6.02. The number of benzene rings is 2. The van der Waals surface area contributed by atoms with Crippen molar-refractivity contribution in [1.29, 1.82) is 5.26 Å². The van der Waals surface area contributed by atoms with E-state index < -0.39 is 0 Å². The summed E-state index contributed by atoms with van der Waals surface area (Å²) in [5, 5.41) is 9.40. The van der Waals surface area contributed by atoms with Gasteiger partial charge in [0.15, 0.2) is 0 Å². The van der Waals surface area contributed by atoms with E-state index in [9.17, 15) is 5.26 Å². The maximum Gasteiger partial charge on any atom is 0.0994 e. The summed E-state index contributed by atoms with van der Waals surface area (Å²) in [5.74, 6) is 0. The Hall–Kier alpha value is -2.40. The molecule has 0 radical (unpaired) electrons. The molecule has 108 valence electrons. The van der Waals surface area contributed by atoms with Crippen molar-refractivity contribution < 1.29 is 0 Å². The number of aliphatic imine (C=N–C) groups is 1. The number of nitrogens with zero attached hydrogens (tertiary/aromatic N) is 2. The highest BCUT2D eigenvalue weighted by Gasteiger charge is 2.44. The first-order valence-corrected chi connectivity index (χ1v) is 7.99. The van der Waals surface area contributed by atoms with Gasteiger partial charge in [-0.05, 0) is 48.9 Å². The molecular weight excluding hydrogens is 268 g/mol. The summed E-state index contributed by atoms with van der Waals surface area (Å²) < 4.78 is 0. The van der Waals surface area contributed by atoms with Crippen LogP contribution in [-0.2, 0) is 11.8 Å². The van der Waals surface area contributed by atoms with E-state index in [-0.39, 0.29) is 5.41 Å². The molecule has 1 aliphatic heterocycles. The largest absolute Gasteiger partial charge is 0.257 e. The van der Waals surface area contributed by atoms with Gasteiger partial charge < -0.3 is 0 Å². The third-order valence-electron chi connectivity index (χ3n) is 5.12. The zero-order valence-corrected chi connectivity index (χ0v) is 12.5. The first-order chi connectivity index (χ1) is 10.8. The molecule has 22 heavy (non-hydrogen) atoms. The number of rotatable bonds is 2. The van der Waals surface area contributed by atoms with E-state index in [0.717, 1.165) is 36.1 Å². The summed E-state index contributed by atoms with van der Waals surface area (Å²) in [7, 11) is 0. The van der Waals surface area contributed by atoms with Crippen LogP contribution in [0.25, 0.3) is 0 Å². The highest BCUT2D eigenvalue weighted by atomic mass is 14.8. The van der Waals surface area contributed by atoms with Crippen LogP contribution in [0.2, 0.25) is 0 Å². The van der Waals surface area contributed by atoms with Crippen molar-refractivity contribution >= 4 is 11.4 Å². The molecule has 0 saturated heterocycles. The highest BCUT2D eigenvalue weighted by Crippen LogP contribution is 2.49. The monoisotopic (exact) mass is 286 g/mol. The second-order valence-corrected chi connectivity index (χ2v) is 6.31. The number of hydrogen-bond donors (Lipinski definition) is 0. The fourth-order valence-electron chi connectivity index (χ4n) is 4.07. The van der Waals surface area contributed by atoms with Crippen LogP contribution in [0.4, 0.5) is 5.69 Å². The minimum Gasteiger partial charge on any atom is -0.257 e. The molecule has 0 amide bonds. The van der Waals surface area contributed by atoms with Gasteiger partial charge in [-0.2, -0.15) is 5.26 Å². The zero-order chi connectivity index (χ0) is 15.0. The van der Waals surface area contributed by atoms with Crippen LogP contribution in [0, 0.1) is 11.3 Å². The van der Waals surface area contributed by atoms with Gasteiger partial charge in [-0.15, -0.1) is 0 Å². The third kappa shape index (κ3) is 1.89. The predicted octanol–water partition coefficient (Wildman–Crippen LogP) is 4.70. The van der Waals surface area contributed by atoms with Gasteiger partial charge in [0.2, 0.25) is 0 Å². The molecule has 2 aliphatic rings. The van der Waals surface area contributed by atoms with Gasteiger partial charge in [0, 0.05) is 11.1 Å². The number of fused-ring (bicyclic) bond motifs is 3. The number of para-hydroxylation sites is 1. The lowest BCUT2D eigenvalue weighted by Gasteiger charge is -2.36. The minimum atomic E-state index is 0.0157. The molecule has 1 fully saturated rings. The van der Waals surface area contributed by atoms with Crippen LogP contribution in [0.1, 0.15) is 42.4 Å². The van der Waals surface area contributed by atoms with Crippen molar-refractivity contribution in [3.05, 3.63) is 65.2 Å². The second-order valence-electron chi connectivity index (χ2n) is 6.31. The van der Waals surface area contributed by atoms with E-state index in [1.165, 1.54) is 24.1 Å². The van der Waals surface area contributed by atoms with Crippen molar-refractivity contribution in [3.8, 4) is 6.07 Å². The lowest BCUT2D eigenvalue weighted by molar-refractivity contribution is 0.459. The topological polar surface area (TPSA) is 36.1 Å². The molecule has 0 spiro atoms. The average molecular weight is 286 g/mol. The van der Waals surface area contributed by atoms with Gasteiger partial charge in [0.1, 0.15) is 0 Å². The van der Waals surface area contributed by atoms with Crippen molar-refractivity contribution in [2.45, 2.75) is 37.5 Å². The SMILES string of the molecule is N#Cc1ccccc1CC12CCCCC1=Nc1ccccc12. The molecule has 1 heterocycles. The van der Waals surface area contributed by atoms with Gasteiger partial charge in [0.25, 0.3) is 0 Å². The van der Waals surface area contributed by atoms with E-state index in [0.29, 0.717) is 0 Å². The maximum absolute atomic E-state index is 9.40. The Kier molecular flexibility index (Phi) is 3.08. The Balaban J connectivity index is 1.84. The van der Waals surface area contributed by atoms with Gasteiger partial charge in [0.05, 0.1) is 17.3 Å². The molecule has 1 unspecified atom stereocenters. The lowest BCUT2D eigenvalue weighted by atomic mass is 9.65. The summed E-state index contributed by atoms with van der Waals surface area (Å²) >= 11 is 0. The molecule has 0 bridgehead atoms. The van der Waals surface area contributed by atoms with Gasteiger partial charge in [-0.3, -0.25) is 4.99 Å². The number of hydrogen-bond acceptors (Lipinski definition) is 2. The van der Waals surface area contributed by atoms with Crippen LogP contribution in [0.15, 0.2) is 53.5 Å². The van der Waals surface area contributed by atoms with Crippen LogP contribution < -0.4 is 0 Å². The van der Waals surface area contributed by atoms with E-state index in [4.69, 9.17) is 4.99 Å². The van der Waals surface area contributed by atoms with Gasteiger partial charge in [-0.25, -0.2) is 0 Å². The third-order valence-corrected chi connectivity index (χ3v) is 5.12. The van der Waals surface area contributed by atoms with Crippen molar-refractivity contribution in [2.75, 3.05) is 0 Å². The molecule has 1 aliphatic carbocycles. The summed E-state index contributed by atoms with van der Waals surface area (Å²) in [4.78, 5) is 4.93. The Morgan fingerprint density at radius 1 is 1.05 bits per heavy atom. The van der Waals surface area contributed by atoms with Crippen LogP contribution in [0.5, 0.6) is 0 Å². The Morgan fingerprint density at radius 3 is 2.77 bits per heavy atom. The van der Waals surface area contributed by atoms with Gasteiger partial charge >= 0.3 is 0 Å². The summed E-state index contributed by atoms with van der Waals surface area (Å²) in [6.07, 6.45) is 5.59. The second kappa shape index (κ2) is 5.10. The Morgan fingerprint density at radius 2 is 1.86 bits per heavy atom. The molecule has 2 nitrogen and oxygen atoms in total. The molecular formula is C20H18N2. The Labute approximate surface area is 131 Å². The molecule has 0 aromatic heterocycles. The standard InChI is InChI=1S/C20H18N2/c21-14-16-8-2-1-7-15(16)13-20-12-6-5-11-19(20)22-18-10-4-3-9-17(18)20/h1-4,7-10H,5-6,11-13H2. The summed E-state index contributed by atoms with van der Waals surface area (Å²) in [5.41, 5.74) is 5.78. The fraction of sp³-hybridized carbons (Fsp3) is 0.300. The van der Waals surface area contributed by atoms with E-state index in [1.54, 1.807) is 0 Å². The molecule has 4 rings (SSSR count). The Bertz CT molecular complexity index is 797. The zero-order valence-electron chi connectivity index (χ0n) is 12.5. The molecule has 2 aromatic carbocycles. The van der Waals surface area contributed by atoms with Crippen LogP contribution in [-0.4, -0.2) is 5.71 Å². The van der Waals surface area contributed by atoms with Crippen molar-refractivity contribution in [2.24, 2.45) is 4.99 Å². The molecule has 2 aromatic rings. The van der Waals surface area contributed by atoms with E-state index in [2.05, 4.69) is 36.4 Å². The van der Waals surface area contributed by atoms with Crippen LogP contribution >= 0.6 is 0 Å². The van der Waals surface area contributed by atoms with E-state index >= 15 is 0 Å². The molecule has 0 N–H and O–H groups in total. The molecule has 1 saturated carbocycles. The normalized spacial score (nSPS) is 22.4.